The number of anilines is 1. The van der Waals surface area contributed by atoms with Crippen LogP contribution in [0.3, 0.4) is 0 Å². The van der Waals surface area contributed by atoms with Gasteiger partial charge in [0.25, 0.3) is 0 Å². The van der Waals surface area contributed by atoms with Crippen molar-refractivity contribution in [3.05, 3.63) is 23.7 Å². The van der Waals surface area contributed by atoms with Gasteiger partial charge in [-0.1, -0.05) is 6.08 Å². The maximum absolute atomic E-state index is 4.33. The van der Waals surface area contributed by atoms with Gasteiger partial charge in [-0.2, -0.15) is 11.8 Å². The molecule has 0 saturated carbocycles. The van der Waals surface area contributed by atoms with E-state index in [4.69, 9.17) is 0 Å². The van der Waals surface area contributed by atoms with E-state index in [0.717, 1.165) is 29.7 Å². The van der Waals surface area contributed by atoms with Crippen LogP contribution in [-0.2, 0) is 6.54 Å². The highest BCUT2D eigenvalue weighted by molar-refractivity contribution is 7.99. The highest BCUT2D eigenvalue weighted by Crippen LogP contribution is 2.19. The fourth-order valence-corrected chi connectivity index (χ4v) is 2.53. The fraction of sp³-hybridized carbons (Fsp3) is 0.545. The molecule has 98 valence electrons. The molecule has 0 atom stereocenters. The zero-order chi connectivity index (χ0) is 11.8. The predicted octanol–water partition coefficient (Wildman–Crippen LogP) is 2.64. The molecule has 1 aromatic heterocycles. The average molecular weight is 294 g/mol. The van der Waals surface area contributed by atoms with Crippen molar-refractivity contribution in [1.82, 2.24) is 10.3 Å². The van der Waals surface area contributed by atoms with Gasteiger partial charge in [-0.25, -0.2) is 4.98 Å². The van der Waals surface area contributed by atoms with Crippen molar-refractivity contribution in [2.24, 2.45) is 0 Å². The maximum atomic E-state index is 4.33. The zero-order valence-corrected chi connectivity index (χ0v) is 12.8. The van der Waals surface area contributed by atoms with E-state index in [1.54, 1.807) is 11.3 Å². The van der Waals surface area contributed by atoms with Crippen LogP contribution in [0.4, 0.5) is 5.13 Å². The third-order valence-corrected chi connectivity index (χ3v) is 4.01. The lowest BCUT2D eigenvalue weighted by Gasteiger charge is -2.05. The van der Waals surface area contributed by atoms with Gasteiger partial charge in [-0.3, -0.25) is 0 Å². The number of hydrogen-bond acceptors (Lipinski definition) is 5. The lowest BCUT2D eigenvalue weighted by Crippen LogP contribution is -2.15. The molecule has 0 radical (unpaired) electrons. The van der Waals surface area contributed by atoms with Crippen molar-refractivity contribution < 1.29 is 0 Å². The van der Waals surface area contributed by atoms with Crippen molar-refractivity contribution >= 4 is 40.6 Å². The summed E-state index contributed by atoms with van der Waals surface area (Å²) in [7, 11) is 4.03. The highest BCUT2D eigenvalue weighted by atomic mass is 35.5. The first-order valence-electron chi connectivity index (χ1n) is 5.25. The van der Waals surface area contributed by atoms with Crippen molar-refractivity contribution in [3.63, 3.8) is 0 Å². The number of thiazole rings is 1. The lowest BCUT2D eigenvalue weighted by atomic mass is 10.5. The van der Waals surface area contributed by atoms with Gasteiger partial charge in [0.05, 0.1) is 0 Å². The van der Waals surface area contributed by atoms with Crippen LogP contribution >= 0.6 is 35.5 Å². The molecule has 0 saturated heterocycles. The molecule has 0 spiro atoms. The van der Waals surface area contributed by atoms with Gasteiger partial charge in [0, 0.05) is 49.8 Å². The molecule has 0 unspecified atom stereocenters. The molecule has 1 aromatic rings. The number of nitrogens with one attached hydrogen (secondary N) is 1. The lowest BCUT2D eigenvalue weighted by molar-refractivity contribution is 0.740. The Morgan fingerprint density at radius 2 is 2.35 bits per heavy atom. The summed E-state index contributed by atoms with van der Waals surface area (Å²) in [4.78, 5) is 7.66. The Balaban J connectivity index is 0.00000256. The van der Waals surface area contributed by atoms with Crippen molar-refractivity contribution in [2.45, 2.75) is 6.54 Å². The topological polar surface area (TPSA) is 28.2 Å². The third kappa shape index (κ3) is 6.93. The highest BCUT2D eigenvalue weighted by Gasteiger charge is 2.02. The molecule has 0 fully saturated rings. The largest absolute Gasteiger partial charge is 0.354 e. The van der Waals surface area contributed by atoms with Crippen LogP contribution in [0.15, 0.2) is 18.9 Å². The third-order valence-electron chi connectivity index (χ3n) is 1.88. The number of aromatic nitrogens is 1. The minimum Gasteiger partial charge on any atom is -0.354 e. The second-order valence-corrected chi connectivity index (χ2v) is 5.79. The Labute approximate surface area is 118 Å². The molecular formula is C11H20ClN3S2. The molecule has 1 heterocycles. The van der Waals surface area contributed by atoms with E-state index in [-0.39, 0.29) is 12.4 Å². The molecule has 0 aliphatic heterocycles. The second-order valence-electron chi connectivity index (χ2n) is 3.54. The van der Waals surface area contributed by atoms with Crippen LogP contribution in [0, 0.1) is 0 Å². The summed E-state index contributed by atoms with van der Waals surface area (Å²) in [5.74, 6) is 2.17. The van der Waals surface area contributed by atoms with E-state index in [0.29, 0.717) is 0 Å². The molecule has 0 bridgehead atoms. The number of rotatable bonds is 8. The normalized spacial score (nSPS) is 9.76. The van der Waals surface area contributed by atoms with Crippen LogP contribution in [-0.4, -0.2) is 37.1 Å². The molecule has 3 nitrogen and oxygen atoms in total. The number of halogens is 1. The van der Waals surface area contributed by atoms with E-state index >= 15 is 0 Å². The van der Waals surface area contributed by atoms with Crippen LogP contribution in [0.5, 0.6) is 0 Å². The SMILES string of the molecule is C=CCSCCNCc1cnc(N(C)C)s1.Cl. The monoisotopic (exact) mass is 293 g/mol. The Hall–Kier alpha value is -0.230. The van der Waals surface area contributed by atoms with Crippen LogP contribution < -0.4 is 10.2 Å². The summed E-state index contributed by atoms with van der Waals surface area (Å²) < 4.78 is 0. The number of nitrogens with zero attached hydrogens (tertiary/aromatic N) is 2. The van der Waals surface area contributed by atoms with E-state index in [2.05, 4.69) is 16.9 Å². The number of thioether (sulfide) groups is 1. The Morgan fingerprint density at radius 1 is 1.59 bits per heavy atom. The molecule has 0 aromatic carbocycles. The summed E-state index contributed by atoms with van der Waals surface area (Å²) >= 11 is 3.64. The standard InChI is InChI=1S/C11H19N3S2.ClH/c1-4-6-15-7-5-12-8-10-9-13-11(16-10)14(2)3;/h4,9,12H,1,5-8H2,2-3H3;1H. The van der Waals surface area contributed by atoms with E-state index in [9.17, 15) is 0 Å². The van der Waals surface area contributed by atoms with E-state index in [1.807, 2.05) is 43.0 Å². The van der Waals surface area contributed by atoms with Crippen LogP contribution in [0.25, 0.3) is 0 Å². The van der Waals surface area contributed by atoms with Crippen molar-refractivity contribution in [1.29, 1.82) is 0 Å². The van der Waals surface area contributed by atoms with Gasteiger partial charge >= 0.3 is 0 Å². The summed E-state index contributed by atoms with van der Waals surface area (Å²) in [5, 5.41) is 4.48. The Bertz CT molecular complexity index is 315. The van der Waals surface area contributed by atoms with Crippen molar-refractivity contribution in [2.75, 3.05) is 37.0 Å². The smallest absolute Gasteiger partial charge is 0.185 e. The van der Waals surface area contributed by atoms with Crippen LogP contribution in [0.1, 0.15) is 4.88 Å². The van der Waals surface area contributed by atoms with Gasteiger partial charge < -0.3 is 10.2 Å². The summed E-state index contributed by atoms with van der Waals surface area (Å²) in [6, 6.07) is 0. The first-order chi connectivity index (χ1) is 7.74. The van der Waals surface area contributed by atoms with Crippen molar-refractivity contribution in [3.8, 4) is 0 Å². The van der Waals surface area contributed by atoms with E-state index < -0.39 is 0 Å². The Morgan fingerprint density at radius 3 is 2.94 bits per heavy atom. The first-order valence-corrected chi connectivity index (χ1v) is 7.22. The minimum atomic E-state index is 0. The maximum Gasteiger partial charge on any atom is 0.185 e. The molecule has 0 amide bonds. The molecule has 1 rings (SSSR count). The minimum absolute atomic E-state index is 0. The van der Waals surface area contributed by atoms with Gasteiger partial charge in [0.1, 0.15) is 0 Å². The first kappa shape index (κ1) is 16.8. The van der Waals surface area contributed by atoms with Gasteiger partial charge in [0.15, 0.2) is 5.13 Å². The molecule has 0 aliphatic carbocycles. The molecule has 17 heavy (non-hydrogen) atoms. The van der Waals surface area contributed by atoms with E-state index in [1.165, 1.54) is 4.88 Å². The summed E-state index contributed by atoms with van der Waals surface area (Å²) in [6.45, 7) is 5.65. The summed E-state index contributed by atoms with van der Waals surface area (Å²) in [5.41, 5.74) is 0. The fourth-order valence-electron chi connectivity index (χ4n) is 1.11. The summed E-state index contributed by atoms with van der Waals surface area (Å²) in [6.07, 6.45) is 3.89. The zero-order valence-electron chi connectivity index (χ0n) is 10.3. The molecule has 0 aliphatic rings. The van der Waals surface area contributed by atoms with Gasteiger partial charge in [-0.05, 0) is 0 Å². The van der Waals surface area contributed by atoms with Crippen LogP contribution in [0.2, 0.25) is 0 Å². The van der Waals surface area contributed by atoms with Gasteiger partial charge in [-0.15, -0.1) is 30.3 Å². The molecule has 6 heteroatoms. The Kier molecular flexibility index (Phi) is 9.63. The quantitative estimate of drug-likeness (QED) is 0.589. The molecule has 1 N–H and O–H groups in total. The average Bonchev–Trinajstić information content (AvgIpc) is 2.72. The second kappa shape index (κ2) is 9.76. The number of hydrogen-bond donors (Lipinski definition) is 1. The predicted molar refractivity (Wildman–Crippen MR) is 82.9 cm³/mol. The van der Waals surface area contributed by atoms with Gasteiger partial charge in [0.2, 0.25) is 0 Å². The molecular weight excluding hydrogens is 274 g/mol.